The quantitative estimate of drug-likeness (QED) is 0.169. The third-order valence-electron chi connectivity index (χ3n) is 7.44. The summed E-state index contributed by atoms with van der Waals surface area (Å²) in [7, 11) is -12.8. The number of nitrogens with one attached hydrogen (secondary N) is 1. The van der Waals surface area contributed by atoms with Crippen molar-refractivity contribution in [2.45, 2.75) is 61.4 Å². The molecule has 242 valence electrons. The SMILES string of the molecule is Cc1ccc(S(=O)(=O)NCc2ccc(C(C)c3ccc(CN(S(=O)(=O)c4ccc(C)cc4)S(=O)(=O)c4ccc(C)cc4)o3)o2)cc1. The van der Waals surface area contributed by atoms with Crippen LogP contribution in [0.5, 0.6) is 0 Å². The fraction of sp³-hybridized carbons (Fsp3) is 0.212. The number of aryl methyl sites for hydroxylation is 3. The molecule has 46 heavy (non-hydrogen) atoms. The van der Waals surface area contributed by atoms with Crippen LogP contribution < -0.4 is 4.72 Å². The lowest BCUT2D eigenvalue weighted by atomic mass is 10.1. The summed E-state index contributed by atoms with van der Waals surface area (Å²) in [6.45, 7) is 6.61. The first-order valence-corrected chi connectivity index (χ1v) is 18.7. The molecular weight excluding hydrogens is 649 g/mol. The molecule has 0 saturated carbocycles. The van der Waals surface area contributed by atoms with Gasteiger partial charge >= 0.3 is 0 Å². The molecular formula is C33H34N2O8S3. The van der Waals surface area contributed by atoms with Crippen LogP contribution in [0.3, 0.4) is 0 Å². The molecule has 0 aliphatic rings. The van der Waals surface area contributed by atoms with Crippen molar-refractivity contribution in [2.24, 2.45) is 0 Å². The Morgan fingerprint density at radius 3 is 1.41 bits per heavy atom. The van der Waals surface area contributed by atoms with Crippen LogP contribution in [-0.4, -0.2) is 29.0 Å². The molecule has 2 heterocycles. The first-order chi connectivity index (χ1) is 21.7. The van der Waals surface area contributed by atoms with E-state index in [9.17, 15) is 25.3 Å². The molecule has 2 aromatic heterocycles. The van der Waals surface area contributed by atoms with E-state index in [1.54, 1.807) is 75.4 Å². The van der Waals surface area contributed by atoms with Gasteiger partial charge in [0.2, 0.25) is 10.0 Å². The standard InChI is InChI=1S/C33H34N2O8S3/c1-23-5-13-29(14-6-23)44(36,37)34-21-27-11-19-32(42-27)26(4)33-20-12-28(43-33)22-35(45(38,39)30-15-7-24(2)8-16-30)46(40,41)31-17-9-25(3)10-18-31/h5-20,26,34H,21-22H2,1-4H3. The summed E-state index contributed by atoms with van der Waals surface area (Å²) < 4.78 is 95.3. The number of nitrogens with zero attached hydrogens (tertiary/aromatic N) is 1. The molecule has 5 rings (SSSR count). The highest BCUT2D eigenvalue weighted by molar-refractivity contribution is 8.04. The second kappa shape index (κ2) is 13.0. The highest BCUT2D eigenvalue weighted by atomic mass is 32.3. The molecule has 0 radical (unpaired) electrons. The van der Waals surface area contributed by atoms with E-state index in [0.717, 1.165) is 16.7 Å². The second-order valence-corrected chi connectivity index (χ2v) is 16.8. The Morgan fingerprint density at radius 1 is 0.565 bits per heavy atom. The summed E-state index contributed by atoms with van der Waals surface area (Å²) in [6, 6.07) is 24.8. The number of rotatable bonds is 12. The van der Waals surface area contributed by atoms with E-state index in [2.05, 4.69) is 4.72 Å². The van der Waals surface area contributed by atoms with E-state index in [1.807, 2.05) is 6.92 Å². The van der Waals surface area contributed by atoms with E-state index in [-0.39, 0.29) is 27.0 Å². The molecule has 0 spiro atoms. The molecule has 0 saturated heterocycles. The molecule has 3 aromatic carbocycles. The van der Waals surface area contributed by atoms with Gasteiger partial charge in [-0.05, 0) is 88.4 Å². The van der Waals surface area contributed by atoms with Gasteiger partial charge in [-0.2, -0.15) is 0 Å². The lowest BCUT2D eigenvalue weighted by molar-refractivity contribution is 0.387. The molecule has 0 aliphatic heterocycles. The van der Waals surface area contributed by atoms with Crippen LogP contribution in [0.1, 0.15) is 52.6 Å². The zero-order valence-corrected chi connectivity index (χ0v) is 28.1. The summed E-state index contributed by atoms with van der Waals surface area (Å²) in [4.78, 5) is -0.200. The molecule has 0 bridgehead atoms. The van der Waals surface area contributed by atoms with Gasteiger partial charge in [-0.15, -0.1) is 0 Å². The summed E-state index contributed by atoms with van der Waals surface area (Å²) in [5, 5.41) is 0. The van der Waals surface area contributed by atoms with Crippen LogP contribution in [0.2, 0.25) is 0 Å². The number of hydrogen-bond acceptors (Lipinski definition) is 8. The third-order valence-corrected chi connectivity index (χ3v) is 13.1. The second-order valence-electron chi connectivity index (χ2n) is 11.0. The molecule has 1 N–H and O–H groups in total. The Bertz CT molecular complexity index is 2070. The van der Waals surface area contributed by atoms with Crippen LogP contribution >= 0.6 is 0 Å². The van der Waals surface area contributed by atoms with Gasteiger partial charge in [0, 0.05) is 0 Å². The maximum Gasteiger partial charge on any atom is 0.256 e. The predicted octanol–water partition coefficient (Wildman–Crippen LogP) is 6.01. The minimum absolute atomic E-state index is 0.0744. The van der Waals surface area contributed by atoms with Gasteiger partial charge in [-0.3, -0.25) is 0 Å². The van der Waals surface area contributed by atoms with Crippen molar-refractivity contribution in [1.29, 1.82) is 0 Å². The van der Waals surface area contributed by atoms with Gasteiger partial charge in [0.05, 0.1) is 33.7 Å². The smallest absolute Gasteiger partial charge is 0.256 e. The van der Waals surface area contributed by atoms with Crippen molar-refractivity contribution in [2.75, 3.05) is 0 Å². The Hall–Kier alpha value is -4.01. The van der Waals surface area contributed by atoms with E-state index >= 15 is 0 Å². The first kappa shape index (κ1) is 33.4. The summed E-state index contributed by atoms with van der Waals surface area (Å²) in [5.74, 6) is 0.903. The maximum absolute atomic E-state index is 13.8. The van der Waals surface area contributed by atoms with E-state index in [0.29, 0.717) is 21.0 Å². The van der Waals surface area contributed by atoms with Gasteiger partial charge < -0.3 is 8.83 Å². The van der Waals surface area contributed by atoms with Crippen molar-refractivity contribution in [1.82, 2.24) is 8.43 Å². The average Bonchev–Trinajstić information content (AvgIpc) is 3.69. The number of furan rings is 2. The normalized spacial score (nSPS) is 13.2. The molecule has 5 aromatic rings. The van der Waals surface area contributed by atoms with Crippen molar-refractivity contribution in [3.8, 4) is 0 Å². The topological polar surface area (TPSA) is 144 Å². The Morgan fingerprint density at radius 2 is 0.957 bits per heavy atom. The number of hydrogen-bond donors (Lipinski definition) is 1. The van der Waals surface area contributed by atoms with Crippen LogP contribution in [0.25, 0.3) is 0 Å². The zero-order chi connectivity index (χ0) is 33.3. The van der Waals surface area contributed by atoms with Gasteiger partial charge in [-0.25, -0.2) is 30.0 Å². The van der Waals surface area contributed by atoms with Gasteiger partial charge in [0.15, 0.2) is 0 Å². The highest BCUT2D eigenvalue weighted by Gasteiger charge is 2.37. The average molecular weight is 683 g/mol. The minimum atomic E-state index is -4.52. The first-order valence-electron chi connectivity index (χ1n) is 14.3. The van der Waals surface area contributed by atoms with Gasteiger partial charge in [0.1, 0.15) is 23.0 Å². The maximum atomic E-state index is 13.8. The van der Waals surface area contributed by atoms with E-state index in [1.165, 1.54) is 42.5 Å². The van der Waals surface area contributed by atoms with E-state index in [4.69, 9.17) is 8.83 Å². The number of sulfonamides is 3. The summed E-state index contributed by atoms with van der Waals surface area (Å²) >= 11 is 0. The molecule has 1 unspecified atom stereocenters. The lowest BCUT2D eigenvalue weighted by Crippen LogP contribution is -2.36. The van der Waals surface area contributed by atoms with Crippen LogP contribution in [0.4, 0.5) is 0 Å². The molecule has 13 heteroatoms. The Balaban J connectivity index is 1.37. The fourth-order valence-corrected chi connectivity index (χ4v) is 9.19. The minimum Gasteiger partial charge on any atom is -0.464 e. The largest absolute Gasteiger partial charge is 0.464 e. The van der Waals surface area contributed by atoms with Gasteiger partial charge in [0.25, 0.3) is 20.0 Å². The van der Waals surface area contributed by atoms with Crippen molar-refractivity contribution in [3.63, 3.8) is 0 Å². The van der Waals surface area contributed by atoms with Crippen LogP contribution in [-0.2, 0) is 43.2 Å². The van der Waals surface area contributed by atoms with E-state index < -0.39 is 42.5 Å². The van der Waals surface area contributed by atoms with Crippen molar-refractivity contribution < 1.29 is 34.1 Å². The Labute approximate surface area is 269 Å². The fourth-order valence-electron chi connectivity index (χ4n) is 4.62. The molecule has 10 nitrogen and oxygen atoms in total. The summed E-state index contributed by atoms with van der Waals surface area (Å²) in [6.07, 6.45) is 0. The summed E-state index contributed by atoms with van der Waals surface area (Å²) in [5.41, 5.74) is 2.58. The van der Waals surface area contributed by atoms with Crippen LogP contribution in [0, 0.1) is 20.8 Å². The third kappa shape index (κ3) is 7.18. The van der Waals surface area contributed by atoms with Crippen molar-refractivity contribution >= 4 is 30.1 Å². The molecule has 1 atom stereocenters. The molecule has 0 aliphatic carbocycles. The molecule has 0 amide bonds. The lowest BCUT2D eigenvalue weighted by Gasteiger charge is -2.21. The highest BCUT2D eigenvalue weighted by Crippen LogP contribution is 2.31. The molecule has 0 fully saturated rings. The van der Waals surface area contributed by atoms with Crippen molar-refractivity contribution in [3.05, 3.63) is 137 Å². The van der Waals surface area contributed by atoms with Crippen LogP contribution in [0.15, 0.2) is 121 Å². The predicted molar refractivity (Wildman–Crippen MR) is 172 cm³/mol. The number of benzene rings is 3. The monoisotopic (exact) mass is 682 g/mol. The zero-order valence-electron chi connectivity index (χ0n) is 25.7. The Kier molecular flexibility index (Phi) is 9.43. The van der Waals surface area contributed by atoms with Gasteiger partial charge in [-0.1, -0.05) is 56.8 Å².